The van der Waals surface area contributed by atoms with E-state index in [9.17, 15) is 5.11 Å². The highest BCUT2D eigenvalue weighted by Crippen LogP contribution is 2.41. The van der Waals surface area contributed by atoms with Crippen LogP contribution in [-0.2, 0) is 7.05 Å². The fourth-order valence-electron chi connectivity index (χ4n) is 2.59. The molecule has 29 heavy (non-hydrogen) atoms. The molecule has 1 N–H and O–H groups in total. The van der Waals surface area contributed by atoms with Gasteiger partial charge in [-0.2, -0.15) is 9.47 Å². The topological polar surface area (TPSA) is 117 Å². The van der Waals surface area contributed by atoms with Crippen LogP contribution in [0.15, 0.2) is 63.2 Å². The van der Waals surface area contributed by atoms with Crippen molar-refractivity contribution in [1.29, 1.82) is 0 Å². The van der Waals surface area contributed by atoms with Gasteiger partial charge in [-0.15, -0.1) is 20.5 Å². The van der Waals surface area contributed by atoms with Crippen LogP contribution >= 0.6 is 11.5 Å². The number of aromatic nitrogens is 4. The van der Waals surface area contributed by atoms with Crippen molar-refractivity contribution in [3.05, 3.63) is 42.7 Å². The van der Waals surface area contributed by atoms with Gasteiger partial charge in [0.15, 0.2) is 16.5 Å². The van der Waals surface area contributed by atoms with Gasteiger partial charge in [-0.05, 0) is 29.7 Å². The normalized spacial score (nSPS) is 11.8. The SMILES string of the molecule is CN(C)c1cc(O)c(/N=N/c2snc3ncccc23)cc1/N=N/c1ccnn1C. The number of hydrogen-bond acceptors (Lipinski definition) is 10. The van der Waals surface area contributed by atoms with E-state index in [-0.39, 0.29) is 11.4 Å². The van der Waals surface area contributed by atoms with Gasteiger partial charge in [0.2, 0.25) is 0 Å². The quantitative estimate of drug-likeness (QED) is 0.466. The lowest BCUT2D eigenvalue weighted by Crippen LogP contribution is -2.08. The van der Waals surface area contributed by atoms with Gasteiger partial charge >= 0.3 is 0 Å². The van der Waals surface area contributed by atoms with Gasteiger partial charge in [-0.1, -0.05) is 0 Å². The van der Waals surface area contributed by atoms with Crippen molar-refractivity contribution in [3.63, 3.8) is 0 Å². The molecule has 4 aromatic rings. The maximum absolute atomic E-state index is 10.4. The minimum absolute atomic E-state index is 0.0103. The molecule has 0 amide bonds. The molecule has 0 fully saturated rings. The predicted molar refractivity (Wildman–Crippen MR) is 111 cm³/mol. The van der Waals surface area contributed by atoms with E-state index < -0.39 is 0 Å². The zero-order valence-electron chi connectivity index (χ0n) is 15.9. The maximum Gasteiger partial charge on any atom is 0.175 e. The molecule has 3 aromatic heterocycles. The number of aryl methyl sites for hydroxylation is 1. The molecule has 4 rings (SSSR count). The van der Waals surface area contributed by atoms with Crippen molar-refractivity contribution in [1.82, 2.24) is 19.1 Å². The average Bonchev–Trinajstić information content (AvgIpc) is 3.31. The molecular weight excluding hydrogens is 390 g/mol. The van der Waals surface area contributed by atoms with Crippen LogP contribution in [0.3, 0.4) is 0 Å². The largest absolute Gasteiger partial charge is 0.506 e. The van der Waals surface area contributed by atoms with E-state index in [2.05, 4.69) is 34.9 Å². The molecule has 146 valence electrons. The summed E-state index contributed by atoms with van der Waals surface area (Å²) in [6.07, 6.45) is 3.32. The first-order valence-corrected chi connectivity index (χ1v) is 9.36. The smallest absolute Gasteiger partial charge is 0.175 e. The Kier molecular flexibility index (Phi) is 4.96. The van der Waals surface area contributed by atoms with Gasteiger partial charge < -0.3 is 10.0 Å². The summed E-state index contributed by atoms with van der Waals surface area (Å²) < 4.78 is 5.85. The molecule has 0 aliphatic carbocycles. The number of hydrogen-bond donors (Lipinski definition) is 1. The summed E-state index contributed by atoms with van der Waals surface area (Å²) in [5.74, 6) is 0.596. The Morgan fingerprint density at radius 3 is 2.62 bits per heavy atom. The summed E-state index contributed by atoms with van der Waals surface area (Å²) in [6, 6.07) is 8.66. The van der Waals surface area contributed by atoms with E-state index in [1.165, 1.54) is 11.5 Å². The minimum atomic E-state index is -0.0103. The summed E-state index contributed by atoms with van der Waals surface area (Å²) in [5.41, 5.74) is 2.13. The first kappa shape index (κ1) is 18.6. The molecule has 0 atom stereocenters. The molecule has 0 unspecified atom stereocenters. The molecule has 0 aliphatic heterocycles. The van der Waals surface area contributed by atoms with E-state index in [1.807, 2.05) is 31.1 Å². The molecule has 0 spiro atoms. The Morgan fingerprint density at radius 1 is 1.03 bits per heavy atom. The molecule has 0 saturated heterocycles. The average molecular weight is 407 g/mol. The number of rotatable bonds is 5. The van der Waals surface area contributed by atoms with E-state index >= 15 is 0 Å². The standard InChI is InChI=1S/C18H17N9OS/c1-26(2)14-10-15(28)13(9-12(14)21-23-16-6-8-20-27(16)3)22-24-18-11-5-4-7-19-17(11)25-29-18/h4-10,28H,1-3H3/b23-21+,24-22+. The van der Waals surface area contributed by atoms with Crippen LogP contribution in [0.1, 0.15) is 0 Å². The molecule has 10 nitrogen and oxygen atoms in total. The second-order valence-electron chi connectivity index (χ2n) is 6.30. The van der Waals surface area contributed by atoms with Crippen molar-refractivity contribution in [2.24, 2.45) is 27.5 Å². The summed E-state index contributed by atoms with van der Waals surface area (Å²) in [4.78, 5) is 6.02. The Morgan fingerprint density at radius 2 is 1.86 bits per heavy atom. The van der Waals surface area contributed by atoms with Crippen LogP contribution in [0.5, 0.6) is 5.75 Å². The molecule has 0 aliphatic rings. The van der Waals surface area contributed by atoms with Gasteiger partial charge in [-0.25, -0.2) is 9.67 Å². The first-order valence-electron chi connectivity index (χ1n) is 8.59. The number of phenols is 1. The Labute approximate surface area is 170 Å². The first-order chi connectivity index (χ1) is 14.0. The highest BCUT2D eigenvalue weighted by atomic mass is 32.1. The summed E-state index contributed by atoms with van der Waals surface area (Å²) in [7, 11) is 5.50. The second-order valence-corrected chi connectivity index (χ2v) is 7.05. The minimum Gasteiger partial charge on any atom is -0.506 e. The van der Waals surface area contributed by atoms with E-state index in [1.54, 1.807) is 42.3 Å². The van der Waals surface area contributed by atoms with Crippen LogP contribution in [0.2, 0.25) is 0 Å². The molecular formula is C18H17N9OS. The third-order valence-corrected chi connectivity index (χ3v) is 4.83. The maximum atomic E-state index is 10.4. The molecule has 3 heterocycles. The summed E-state index contributed by atoms with van der Waals surface area (Å²) >= 11 is 1.20. The number of aromatic hydroxyl groups is 1. The molecule has 0 saturated carbocycles. The lowest BCUT2D eigenvalue weighted by atomic mass is 10.2. The fraction of sp³-hybridized carbons (Fsp3) is 0.167. The van der Waals surface area contributed by atoms with Crippen LogP contribution in [0.4, 0.5) is 27.9 Å². The molecule has 1 aromatic carbocycles. The lowest BCUT2D eigenvalue weighted by molar-refractivity contribution is 0.476. The highest BCUT2D eigenvalue weighted by molar-refractivity contribution is 7.11. The van der Waals surface area contributed by atoms with Crippen molar-refractivity contribution in [2.45, 2.75) is 0 Å². The number of phenolic OH excluding ortho intramolecular Hbond substituents is 1. The van der Waals surface area contributed by atoms with Crippen molar-refractivity contribution in [2.75, 3.05) is 19.0 Å². The van der Waals surface area contributed by atoms with Gasteiger partial charge in [0.1, 0.15) is 17.1 Å². The Hall–Kier alpha value is -3.73. The van der Waals surface area contributed by atoms with E-state index in [0.717, 1.165) is 5.39 Å². The van der Waals surface area contributed by atoms with E-state index in [4.69, 9.17) is 0 Å². The summed E-state index contributed by atoms with van der Waals surface area (Å²) in [6.45, 7) is 0. The number of fused-ring (bicyclic) bond motifs is 1. The number of anilines is 1. The van der Waals surface area contributed by atoms with Crippen molar-refractivity contribution >= 4 is 50.4 Å². The molecule has 0 radical (unpaired) electrons. The number of nitrogens with zero attached hydrogens (tertiary/aromatic N) is 9. The fourth-order valence-corrected chi connectivity index (χ4v) is 3.24. The zero-order valence-corrected chi connectivity index (χ0v) is 16.7. The Bertz CT molecular complexity index is 1230. The second kappa shape index (κ2) is 7.72. The number of pyridine rings is 1. The van der Waals surface area contributed by atoms with Crippen molar-refractivity contribution < 1.29 is 5.11 Å². The number of azo groups is 2. The third-order valence-electron chi connectivity index (χ3n) is 4.09. The van der Waals surface area contributed by atoms with Crippen LogP contribution in [0, 0.1) is 0 Å². The van der Waals surface area contributed by atoms with Gasteiger partial charge in [0, 0.05) is 39.5 Å². The van der Waals surface area contributed by atoms with Gasteiger partial charge in [0.25, 0.3) is 0 Å². The highest BCUT2D eigenvalue weighted by Gasteiger charge is 2.12. The predicted octanol–water partition coefficient (Wildman–Crippen LogP) is 5.03. The van der Waals surface area contributed by atoms with Crippen LogP contribution in [-0.4, -0.2) is 38.3 Å². The van der Waals surface area contributed by atoms with Gasteiger partial charge in [-0.3, -0.25) is 0 Å². The zero-order chi connectivity index (χ0) is 20.4. The summed E-state index contributed by atoms with van der Waals surface area (Å²) in [5, 5.41) is 32.9. The third kappa shape index (κ3) is 3.80. The molecule has 0 bridgehead atoms. The van der Waals surface area contributed by atoms with Crippen LogP contribution < -0.4 is 4.90 Å². The van der Waals surface area contributed by atoms with E-state index in [0.29, 0.717) is 27.8 Å². The number of benzene rings is 1. The van der Waals surface area contributed by atoms with Crippen molar-refractivity contribution in [3.8, 4) is 5.75 Å². The monoisotopic (exact) mass is 407 g/mol. The van der Waals surface area contributed by atoms with Gasteiger partial charge in [0.05, 0.1) is 17.3 Å². The Balaban J connectivity index is 1.72. The van der Waals surface area contributed by atoms with Crippen LogP contribution in [0.25, 0.3) is 11.0 Å². The molecule has 11 heteroatoms. The lowest BCUT2D eigenvalue weighted by Gasteiger charge is -2.15.